The summed E-state index contributed by atoms with van der Waals surface area (Å²) < 4.78 is 0. The highest BCUT2D eigenvalue weighted by Gasteiger charge is 2.28. The van der Waals surface area contributed by atoms with E-state index in [0.717, 1.165) is 17.3 Å². The molecule has 3 N–H and O–H groups in total. The van der Waals surface area contributed by atoms with Gasteiger partial charge in [-0.25, -0.2) is 0 Å². The lowest BCUT2D eigenvalue weighted by Crippen LogP contribution is -2.36. The Morgan fingerprint density at radius 1 is 1.32 bits per heavy atom. The summed E-state index contributed by atoms with van der Waals surface area (Å²) in [5, 5.41) is 0. The first-order chi connectivity index (χ1) is 9.13. The number of nitrogens with zero attached hydrogens (tertiary/aromatic N) is 1. The van der Waals surface area contributed by atoms with Crippen LogP contribution in [-0.4, -0.2) is 4.98 Å². The van der Waals surface area contributed by atoms with Gasteiger partial charge in [-0.3, -0.25) is 16.3 Å². The molecule has 1 aliphatic rings. The lowest BCUT2D eigenvalue weighted by molar-refractivity contribution is 0.210. The highest BCUT2D eigenvalue weighted by molar-refractivity contribution is 5.24. The fourth-order valence-electron chi connectivity index (χ4n) is 3.56. The van der Waals surface area contributed by atoms with Crippen molar-refractivity contribution < 1.29 is 0 Å². The van der Waals surface area contributed by atoms with Crippen molar-refractivity contribution in [2.24, 2.45) is 17.7 Å². The standard InChI is InChI=1S/C16H27N3/c1-4-13-6-5-7-14(10-13)16(19-17)15-8-11(2)18-12(3)9-15/h8-9,13-14,16,19H,4-7,10,17H2,1-3H3. The number of hydrogen-bond acceptors (Lipinski definition) is 3. The van der Waals surface area contributed by atoms with Gasteiger partial charge in [-0.15, -0.1) is 0 Å². The molecule has 0 radical (unpaired) electrons. The minimum atomic E-state index is 0.273. The monoisotopic (exact) mass is 261 g/mol. The Morgan fingerprint density at radius 2 is 2.00 bits per heavy atom. The molecule has 1 aromatic heterocycles. The fraction of sp³-hybridized carbons (Fsp3) is 0.688. The average molecular weight is 261 g/mol. The lowest BCUT2D eigenvalue weighted by Gasteiger charge is -2.34. The molecule has 1 fully saturated rings. The van der Waals surface area contributed by atoms with Crippen LogP contribution >= 0.6 is 0 Å². The maximum atomic E-state index is 5.85. The Bertz CT molecular complexity index is 396. The number of nitrogens with one attached hydrogen (secondary N) is 1. The smallest absolute Gasteiger partial charge is 0.0489 e. The van der Waals surface area contributed by atoms with E-state index in [9.17, 15) is 0 Å². The average Bonchev–Trinajstić information content (AvgIpc) is 2.39. The largest absolute Gasteiger partial charge is 0.271 e. The van der Waals surface area contributed by atoms with Crippen LogP contribution in [0.15, 0.2) is 12.1 Å². The maximum Gasteiger partial charge on any atom is 0.0489 e. The van der Waals surface area contributed by atoms with Crippen molar-refractivity contribution in [3.8, 4) is 0 Å². The minimum Gasteiger partial charge on any atom is -0.271 e. The molecule has 0 bridgehead atoms. The van der Waals surface area contributed by atoms with Crippen molar-refractivity contribution in [2.45, 2.75) is 58.9 Å². The van der Waals surface area contributed by atoms with Gasteiger partial charge in [-0.05, 0) is 56.2 Å². The molecular weight excluding hydrogens is 234 g/mol. The first-order valence-corrected chi connectivity index (χ1v) is 7.55. The molecule has 0 spiro atoms. The Hall–Kier alpha value is -0.930. The molecule has 3 atom stereocenters. The molecule has 1 aliphatic carbocycles. The predicted molar refractivity (Wildman–Crippen MR) is 79.5 cm³/mol. The molecule has 0 amide bonds. The Kier molecular flexibility index (Phi) is 4.94. The second-order valence-corrected chi connectivity index (χ2v) is 6.03. The van der Waals surface area contributed by atoms with Gasteiger partial charge in [-0.2, -0.15) is 0 Å². The molecule has 0 aromatic carbocycles. The summed E-state index contributed by atoms with van der Waals surface area (Å²) in [5.74, 6) is 7.38. The summed E-state index contributed by atoms with van der Waals surface area (Å²) in [6.07, 6.45) is 6.60. The molecule has 0 saturated heterocycles. The SMILES string of the molecule is CCC1CCCC(C(NN)c2cc(C)nc(C)c2)C1. The van der Waals surface area contributed by atoms with Crippen molar-refractivity contribution in [1.29, 1.82) is 0 Å². The normalized spacial score (nSPS) is 25.3. The van der Waals surface area contributed by atoms with Gasteiger partial charge < -0.3 is 0 Å². The van der Waals surface area contributed by atoms with E-state index in [-0.39, 0.29) is 6.04 Å². The third-order valence-electron chi connectivity index (χ3n) is 4.51. The Labute approximate surface area is 117 Å². The zero-order chi connectivity index (χ0) is 13.8. The van der Waals surface area contributed by atoms with Crippen LogP contribution in [-0.2, 0) is 0 Å². The van der Waals surface area contributed by atoms with E-state index in [1.165, 1.54) is 37.7 Å². The van der Waals surface area contributed by atoms with E-state index in [0.29, 0.717) is 5.92 Å². The molecule has 3 unspecified atom stereocenters. The quantitative estimate of drug-likeness (QED) is 0.645. The molecule has 3 heteroatoms. The molecule has 19 heavy (non-hydrogen) atoms. The number of nitrogens with two attached hydrogens (primary N) is 1. The van der Waals surface area contributed by atoms with Crippen LogP contribution in [0.25, 0.3) is 0 Å². The van der Waals surface area contributed by atoms with Gasteiger partial charge in [0, 0.05) is 17.4 Å². The summed E-state index contributed by atoms with van der Waals surface area (Å²) in [6, 6.07) is 4.62. The van der Waals surface area contributed by atoms with E-state index in [2.05, 4.69) is 43.3 Å². The molecule has 3 nitrogen and oxygen atoms in total. The van der Waals surface area contributed by atoms with E-state index < -0.39 is 0 Å². The molecule has 106 valence electrons. The van der Waals surface area contributed by atoms with Crippen molar-refractivity contribution in [1.82, 2.24) is 10.4 Å². The lowest BCUT2D eigenvalue weighted by atomic mass is 9.75. The first-order valence-electron chi connectivity index (χ1n) is 7.55. The summed E-state index contributed by atoms with van der Waals surface area (Å²) in [5.41, 5.74) is 6.52. The van der Waals surface area contributed by atoms with Crippen LogP contribution in [0.5, 0.6) is 0 Å². The van der Waals surface area contributed by atoms with Crippen molar-refractivity contribution >= 4 is 0 Å². The van der Waals surface area contributed by atoms with Gasteiger partial charge in [0.25, 0.3) is 0 Å². The van der Waals surface area contributed by atoms with Gasteiger partial charge in [0.1, 0.15) is 0 Å². The topological polar surface area (TPSA) is 50.9 Å². The second-order valence-electron chi connectivity index (χ2n) is 6.03. The zero-order valence-electron chi connectivity index (χ0n) is 12.4. The van der Waals surface area contributed by atoms with Crippen LogP contribution in [0.4, 0.5) is 0 Å². The number of pyridine rings is 1. The van der Waals surface area contributed by atoms with Gasteiger partial charge in [-0.1, -0.05) is 26.2 Å². The third kappa shape index (κ3) is 3.54. The third-order valence-corrected chi connectivity index (χ3v) is 4.51. The summed E-state index contributed by atoms with van der Waals surface area (Å²) in [7, 11) is 0. The number of hydrogen-bond donors (Lipinski definition) is 2. The Morgan fingerprint density at radius 3 is 2.58 bits per heavy atom. The predicted octanol–water partition coefficient (Wildman–Crippen LogP) is 3.42. The first kappa shape index (κ1) is 14.5. The molecule has 0 aliphatic heterocycles. The summed E-state index contributed by atoms with van der Waals surface area (Å²) in [4.78, 5) is 4.46. The molecule has 1 heterocycles. The van der Waals surface area contributed by atoms with E-state index in [4.69, 9.17) is 5.84 Å². The van der Waals surface area contributed by atoms with Gasteiger partial charge in [0.05, 0.1) is 0 Å². The highest BCUT2D eigenvalue weighted by Crippen LogP contribution is 2.38. The van der Waals surface area contributed by atoms with Crippen LogP contribution in [0.2, 0.25) is 0 Å². The van der Waals surface area contributed by atoms with Gasteiger partial charge in [0.15, 0.2) is 0 Å². The van der Waals surface area contributed by atoms with Gasteiger partial charge >= 0.3 is 0 Å². The molecule has 2 rings (SSSR count). The summed E-state index contributed by atoms with van der Waals surface area (Å²) >= 11 is 0. The van der Waals surface area contributed by atoms with Crippen molar-refractivity contribution in [2.75, 3.05) is 0 Å². The Balaban J connectivity index is 2.18. The zero-order valence-corrected chi connectivity index (χ0v) is 12.4. The molecule has 1 aromatic rings. The van der Waals surface area contributed by atoms with Gasteiger partial charge in [0.2, 0.25) is 0 Å². The maximum absolute atomic E-state index is 5.85. The number of aryl methyl sites for hydroxylation is 2. The van der Waals surface area contributed by atoms with Crippen LogP contribution < -0.4 is 11.3 Å². The van der Waals surface area contributed by atoms with E-state index in [1.807, 2.05) is 0 Å². The van der Waals surface area contributed by atoms with E-state index in [1.54, 1.807) is 0 Å². The van der Waals surface area contributed by atoms with Crippen molar-refractivity contribution in [3.05, 3.63) is 29.1 Å². The highest BCUT2D eigenvalue weighted by atomic mass is 15.2. The number of hydrazine groups is 1. The number of aromatic nitrogens is 1. The number of rotatable bonds is 4. The van der Waals surface area contributed by atoms with Crippen LogP contribution in [0.1, 0.15) is 62.0 Å². The molecule has 1 saturated carbocycles. The van der Waals surface area contributed by atoms with Crippen LogP contribution in [0.3, 0.4) is 0 Å². The fourth-order valence-corrected chi connectivity index (χ4v) is 3.56. The second kappa shape index (κ2) is 6.49. The summed E-state index contributed by atoms with van der Waals surface area (Å²) in [6.45, 7) is 6.41. The molecular formula is C16H27N3. The van der Waals surface area contributed by atoms with Crippen LogP contribution in [0, 0.1) is 25.7 Å². The van der Waals surface area contributed by atoms with E-state index >= 15 is 0 Å². The minimum absolute atomic E-state index is 0.273. The van der Waals surface area contributed by atoms with Crippen molar-refractivity contribution in [3.63, 3.8) is 0 Å².